The van der Waals surface area contributed by atoms with E-state index in [9.17, 15) is 29.4 Å². The molecule has 0 spiro atoms. The molecule has 0 aliphatic carbocycles. The van der Waals surface area contributed by atoms with Crippen molar-refractivity contribution in [2.24, 2.45) is 0 Å². The monoisotopic (exact) mass is 341 g/mol. The molecule has 24 heavy (non-hydrogen) atoms. The minimum absolute atomic E-state index is 0.0552. The molecule has 2 aromatic heterocycles. The molecule has 128 valence electrons. The fraction of sp³-hybridized carbons (Fsp3) is 0.462. The van der Waals surface area contributed by atoms with Gasteiger partial charge in [-0.2, -0.15) is 10.4 Å². The summed E-state index contributed by atoms with van der Waals surface area (Å²) in [4.78, 5) is 3.75. The van der Waals surface area contributed by atoms with Gasteiger partial charge in [-0.15, -0.1) is 0 Å². The van der Waals surface area contributed by atoms with Crippen LogP contribution in [0.3, 0.4) is 0 Å². The Morgan fingerprint density at radius 2 is 2.12 bits per heavy atom. The summed E-state index contributed by atoms with van der Waals surface area (Å²) in [7, 11) is 0. The number of aliphatic hydroxyl groups is 3. The summed E-state index contributed by atoms with van der Waals surface area (Å²) in [6, 6.07) is 4.32. The molecule has 4 atom stereocenters. The van der Waals surface area contributed by atoms with E-state index in [4.69, 9.17) is 10.5 Å². The lowest BCUT2D eigenvalue weighted by atomic mass is 9.89. The van der Waals surface area contributed by atoms with Crippen LogP contribution in [0.15, 0.2) is 18.5 Å². The van der Waals surface area contributed by atoms with Crippen LogP contribution in [0, 0.1) is 11.3 Å². The highest BCUT2D eigenvalue weighted by molar-refractivity contribution is 5.66. The van der Waals surface area contributed by atoms with Crippen molar-refractivity contribution >= 4 is 11.3 Å². The number of hydrogen-bond donors (Lipinski definition) is 4. The Hall–Kier alpha value is -2.39. The van der Waals surface area contributed by atoms with Gasteiger partial charge in [-0.05, 0) is 12.1 Å². The zero-order valence-electron chi connectivity index (χ0n) is 12.0. The second kappa shape index (κ2) is 5.32. The van der Waals surface area contributed by atoms with E-state index in [-0.39, 0.29) is 17.0 Å². The van der Waals surface area contributed by atoms with Crippen molar-refractivity contribution in [2.75, 3.05) is 12.3 Å². The van der Waals surface area contributed by atoms with Crippen LogP contribution in [0.2, 0.25) is 0 Å². The Morgan fingerprint density at radius 3 is 2.67 bits per heavy atom. The molecule has 1 fully saturated rings. The Labute approximate surface area is 133 Å². The lowest BCUT2D eigenvalue weighted by Crippen LogP contribution is -2.52. The minimum Gasteiger partial charge on any atom is -0.393 e. The smallest absolute Gasteiger partial charge is 0.272 e. The van der Waals surface area contributed by atoms with Crippen LogP contribution in [0.25, 0.3) is 5.52 Å². The second-order valence-corrected chi connectivity index (χ2v) is 5.41. The number of ether oxygens (including phenoxy) is 1. The highest BCUT2D eigenvalue weighted by Gasteiger charge is 2.68. The molecule has 0 saturated carbocycles. The molecule has 0 amide bonds. The van der Waals surface area contributed by atoms with Crippen molar-refractivity contribution in [3.63, 3.8) is 0 Å². The van der Waals surface area contributed by atoms with Gasteiger partial charge in [0.1, 0.15) is 30.1 Å². The maximum Gasteiger partial charge on any atom is 0.272 e. The summed E-state index contributed by atoms with van der Waals surface area (Å²) >= 11 is 0. The van der Waals surface area contributed by atoms with Gasteiger partial charge in [0.2, 0.25) is 5.60 Å². The molecule has 0 aromatic carbocycles. The van der Waals surface area contributed by atoms with Crippen LogP contribution in [0.1, 0.15) is 5.69 Å². The van der Waals surface area contributed by atoms with Gasteiger partial charge in [0.05, 0.1) is 12.3 Å². The first-order valence-corrected chi connectivity index (χ1v) is 6.79. The quantitative estimate of drug-likeness (QED) is 0.542. The van der Waals surface area contributed by atoms with E-state index >= 15 is 0 Å². The first kappa shape index (κ1) is 16.5. The first-order chi connectivity index (χ1) is 11.3. The normalized spacial score (nSPS) is 33.2. The van der Waals surface area contributed by atoms with Gasteiger partial charge in [-0.25, -0.2) is 18.3 Å². The molecule has 3 heterocycles. The summed E-state index contributed by atoms with van der Waals surface area (Å²) in [6.07, 6.45) is -6.54. The average molecular weight is 341 g/mol. The van der Waals surface area contributed by atoms with Gasteiger partial charge < -0.3 is 25.8 Å². The van der Waals surface area contributed by atoms with Crippen LogP contribution in [0.4, 0.5) is 14.6 Å². The van der Waals surface area contributed by atoms with Crippen molar-refractivity contribution in [3.8, 4) is 6.07 Å². The predicted molar refractivity (Wildman–Crippen MR) is 73.6 cm³/mol. The third-order valence-electron chi connectivity index (χ3n) is 4.21. The number of halogens is 2. The number of nitrogen functional groups attached to an aromatic ring is 1. The molecule has 11 heteroatoms. The van der Waals surface area contributed by atoms with Crippen LogP contribution in [0.5, 0.6) is 0 Å². The van der Waals surface area contributed by atoms with E-state index < -0.39 is 36.4 Å². The first-order valence-electron chi connectivity index (χ1n) is 6.79. The van der Waals surface area contributed by atoms with Gasteiger partial charge in [0.15, 0.2) is 11.4 Å². The van der Waals surface area contributed by atoms with Crippen LogP contribution in [-0.2, 0) is 10.3 Å². The molecule has 1 saturated heterocycles. The van der Waals surface area contributed by atoms with E-state index in [1.54, 1.807) is 6.07 Å². The molecule has 0 radical (unpaired) electrons. The average Bonchev–Trinajstić information content (AvgIpc) is 3.09. The number of fused-ring (bicyclic) bond motifs is 1. The summed E-state index contributed by atoms with van der Waals surface area (Å²) in [5, 5.41) is 43.1. The van der Waals surface area contributed by atoms with Crippen LogP contribution < -0.4 is 5.73 Å². The maximum absolute atomic E-state index is 13.4. The maximum atomic E-state index is 13.4. The van der Waals surface area contributed by atoms with Crippen molar-refractivity contribution in [1.82, 2.24) is 14.6 Å². The van der Waals surface area contributed by atoms with Gasteiger partial charge in [0.25, 0.3) is 6.43 Å². The number of aliphatic hydroxyl groups excluding tert-OH is 3. The van der Waals surface area contributed by atoms with Crippen molar-refractivity contribution in [1.29, 1.82) is 5.26 Å². The number of alkyl halides is 2. The fourth-order valence-corrected chi connectivity index (χ4v) is 2.86. The third-order valence-corrected chi connectivity index (χ3v) is 4.21. The second-order valence-electron chi connectivity index (χ2n) is 5.41. The number of aromatic nitrogens is 3. The van der Waals surface area contributed by atoms with Gasteiger partial charge in [-0.1, -0.05) is 0 Å². The fourth-order valence-electron chi connectivity index (χ4n) is 2.86. The zero-order valence-corrected chi connectivity index (χ0v) is 12.0. The van der Waals surface area contributed by atoms with Crippen LogP contribution in [-0.4, -0.2) is 60.8 Å². The number of anilines is 1. The van der Waals surface area contributed by atoms with Crippen molar-refractivity contribution < 1.29 is 28.8 Å². The third kappa shape index (κ3) is 1.85. The Morgan fingerprint density at radius 1 is 1.42 bits per heavy atom. The molecule has 2 aromatic rings. The van der Waals surface area contributed by atoms with Gasteiger partial charge in [-0.3, -0.25) is 0 Å². The van der Waals surface area contributed by atoms with Crippen LogP contribution >= 0.6 is 0 Å². The minimum atomic E-state index is -3.35. The highest BCUT2D eigenvalue weighted by atomic mass is 19.3. The number of nitrogens with zero attached hydrogens (tertiary/aromatic N) is 4. The Bertz CT molecular complexity index is 824. The van der Waals surface area contributed by atoms with Crippen molar-refractivity contribution in [3.05, 3.63) is 24.2 Å². The Kier molecular flexibility index (Phi) is 3.65. The number of rotatable bonds is 3. The number of nitriles is 1. The molecule has 0 bridgehead atoms. The summed E-state index contributed by atoms with van der Waals surface area (Å²) in [6.45, 7) is -1.30. The van der Waals surface area contributed by atoms with Gasteiger partial charge >= 0.3 is 0 Å². The SMILES string of the molecule is N#C[C@@]1(c2ccc3c(N)ncnn23)O[C@@](CO)(C(F)F)[C@@H](O)[C@H]1O. The van der Waals surface area contributed by atoms with Crippen molar-refractivity contribution in [2.45, 2.75) is 29.8 Å². The van der Waals surface area contributed by atoms with E-state index in [2.05, 4.69) is 10.1 Å². The Balaban J connectivity index is 2.23. The van der Waals surface area contributed by atoms with E-state index in [1.807, 2.05) is 0 Å². The molecular weight excluding hydrogens is 328 g/mol. The van der Waals surface area contributed by atoms with E-state index in [0.717, 1.165) is 10.8 Å². The molecule has 5 N–H and O–H groups in total. The van der Waals surface area contributed by atoms with E-state index in [0.29, 0.717) is 0 Å². The van der Waals surface area contributed by atoms with Gasteiger partial charge in [0, 0.05) is 0 Å². The molecule has 0 unspecified atom stereocenters. The molecule has 1 aliphatic rings. The largest absolute Gasteiger partial charge is 0.393 e. The topological polar surface area (TPSA) is 150 Å². The lowest BCUT2D eigenvalue weighted by molar-refractivity contribution is -0.200. The molecular formula is C13H13F2N5O4. The number of nitrogens with two attached hydrogens (primary N) is 1. The highest BCUT2D eigenvalue weighted by Crippen LogP contribution is 2.47. The lowest BCUT2D eigenvalue weighted by Gasteiger charge is -2.29. The molecule has 9 nitrogen and oxygen atoms in total. The number of hydrogen-bond acceptors (Lipinski definition) is 8. The molecule has 3 rings (SSSR count). The summed E-state index contributed by atoms with van der Waals surface area (Å²) in [5.74, 6) is 0.0552. The standard InChI is InChI=1S/C13H13F2N5O4/c14-11(15)13(4-21)9(23)8(22)12(3-16,24-13)7-2-1-6-10(17)18-5-19-20(6)7/h1-2,5,8-9,11,21-23H,4H2,(H2,17,18,19)/t8-,9+,12+,13-/m1/s1. The zero-order chi connectivity index (χ0) is 17.7. The summed E-state index contributed by atoms with van der Waals surface area (Å²) < 4.78 is 33.0. The van der Waals surface area contributed by atoms with E-state index in [1.165, 1.54) is 12.1 Å². The molecule has 1 aliphatic heterocycles. The summed E-state index contributed by atoms with van der Waals surface area (Å²) in [5.41, 5.74) is 0.611. The predicted octanol–water partition coefficient (Wildman–Crippen LogP) is -1.22.